The van der Waals surface area contributed by atoms with Crippen molar-refractivity contribution in [3.05, 3.63) is 59.0 Å². The number of rotatable bonds is 9. The Kier molecular flexibility index (Phi) is 7.79. The minimum Gasteiger partial charge on any atom is -0.480 e. The van der Waals surface area contributed by atoms with Gasteiger partial charge in [-0.25, -0.2) is 19.0 Å². The number of ether oxygens (including phenoxy) is 1. The Labute approximate surface area is 202 Å². The number of hydrogen-bond acceptors (Lipinski definition) is 6. The summed E-state index contributed by atoms with van der Waals surface area (Å²) in [5.74, 6) is -0.874. The first-order chi connectivity index (χ1) is 16.9. The number of aryl methyl sites for hydroxylation is 1. The highest BCUT2D eigenvalue weighted by Gasteiger charge is 2.35. The lowest BCUT2D eigenvalue weighted by atomic mass is 9.72. The van der Waals surface area contributed by atoms with Gasteiger partial charge in [-0.15, -0.1) is 0 Å². The molecule has 4 N–H and O–H groups in total. The summed E-state index contributed by atoms with van der Waals surface area (Å²) >= 11 is 0. The van der Waals surface area contributed by atoms with Gasteiger partial charge in [0.1, 0.15) is 24.3 Å². The lowest BCUT2D eigenvalue weighted by Crippen LogP contribution is -2.50. The van der Waals surface area contributed by atoms with Crippen molar-refractivity contribution in [2.75, 3.05) is 18.4 Å². The Morgan fingerprint density at radius 1 is 1.23 bits per heavy atom. The fourth-order valence-electron chi connectivity index (χ4n) is 4.40. The number of anilines is 1. The van der Waals surface area contributed by atoms with Gasteiger partial charge < -0.3 is 25.8 Å². The lowest BCUT2D eigenvalue weighted by Gasteiger charge is -2.34. The van der Waals surface area contributed by atoms with E-state index in [1.165, 1.54) is 23.8 Å². The number of nitrogens with zero attached hydrogens (tertiary/aromatic N) is 1. The van der Waals surface area contributed by atoms with Crippen molar-refractivity contribution < 1.29 is 28.6 Å². The second-order valence-electron chi connectivity index (χ2n) is 9.07. The highest BCUT2D eigenvalue weighted by Crippen LogP contribution is 2.36. The SMILES string of the molecule is O=C(NC(CNC(=O)[C@H]1C[C@@H](Cc2ccc3c(n2)NCCC3)C1)C(=O)O)OCc1cccc(F)c1. The Morgan fingerprint density at radius 2 is 2.06 bits per heavy atom. The molecule has 0 bridgehead atoms. The second kappa shape index (κ2) is 11.2. The van der Waals surface area contributed by atoms with Gasteiger partial charge in [0.05, 0.1) is 0 Å². The minimum atomic E-state index is -1.35. The number of fused-ring (bicyclic) bond motifs is 1. The molecule has 1 fully saturated rings. The molecular weight excluding hydrogens is 455 g/mol. The summed E-state index contributed by atoms with van der Waals surface area (Å²) in [5, 5.41) is 17.5. The van der Waals surface area contributed by atoms with Crippen LogP contribution in [0.25, 0.3) is 0 Å². The quantitative estimate of drug-likeness (QED) is 0.431. The number of amides is 2. The molecular formula is C25H29FN4O5. The van der Waals surface area contributed by atoms with Crippen molar-refractivity contribution in [1.29, 1.82) is 0 Å². The molecule has 186 valence electrons. The summed E-state index contributed by atoms with van der Waals surface area (Å²) < 4.78 is 18.1. The topological polar surface area (TPSA) is 130 Å². The van der Waals surface area contributed by atoms with E-state index in [2.05, 4.69) is 28.1 Å². The van der Waals surface area contributed by atoms with Crippen LogP contribution in [0, 0.1) is 17.7 Å². The summed E-state index contributed by atoms with van der Waals surface area (Å²) in [5.41, 5.74) is 2.68. The zero-order chi connectivity index (χ0) is 24.8. The standard InChI is InChI=1S/C25H29FN4O5/c26-19-5-1-3-15(11-19)14-35-25(34)30-21(24(32)33)13-28-23(31)18-9-16(10-18)12-20-7-6-17-4-2-8-27-22(17)29-20/h1,3,5-7,11,16,18,21H,2,4,8-10,12-14H2,(H,27,29)(H,28,31)(H,30,34)(H,32,33)/t16-,18+,21?. The number of halogens is 1. The Bertz CT molecular complexity index is 1090. The summed E-state index contributed by atoms with van der Waals surface area (Å²) in [6, 6.07) is 8.36. The van der Waals surface area contributed by atoms with Crippen molar-refractivity contribution in [3.8, 4) is 0 Å². The molecule has 2 aliphatic rings. The molecule has 1 aromatic heterocycles. The van der Waals surface area contributed by atoms with Gasteiger partial charge in [0.15, 0.2) is 0 Å². The van der Waals surface area contributed by atoms with E-state index in [9.17, 15) is 23.9 Å². The van der Waals surface area contributed by atoms with E-state index in [-0.39, 0.29) is 25.0 Å². The van der Waals surface area contributed by atoms with Gasteiger partial charge in [-0.3, -0.25) is 4.79 Å². The van der Waals surface area contributed by atoms with E-state index < -0.39 is 23.9 Å². The zero-order valence-corrected chi connectivity index (χ0v) is 19.3. The highest BCUT2D eigenvalue weighted by molar-refractivity contribution is 5.83. The lowest BCUT2D eigenvalue weighted by molar-refractivity contribution is -0.139. The van der Waals surface area contributed by atoms with E-state index in [0.717, 1.165) is 37.3 Å². The monoisotopic (exact) mass is 484 g/mol. The molecule has 35 heavy (non-hydrogen) atoms. The molecule has 0 radical (unpaired) electrons. The van der Waals surface area contributed by atoms with E-state index in [1.807, 2.05) is 0 Å². The summed E-state index contributed by atoms with van der Waals surface area (Å²) in [6.07, 6.45) is 3.40. The number of alkyl carbamates (subject to hydrolysis) is 1. The van der Waals surface area contributed by atoms with Crippen LogP contribution in [0.1, 0.15) is 36.1 Å². The minimum absolute atomic E-state index is 0.190. The van der Waals surface area contributed by atoms with Gasteiger partial charge in [-0.2, -0.15) is 0 Å². The van der Waals surface area contributed by atoms with Gasteiger partial charge >= 0.3 is 12.1 Å². The second-order valence-corrected chi connectivity index (χ2v) is 9.07. The number of aliphatic carboxylic acids is 1. The van der Waals surface area contributed by atoms with E-state index >= 15 is 0 Å². The van der Waals surface area contributed by atoms with Crippen molar-refractivity contribution in [2.45, 2.75) is 44.8 Å². The van der Waals surface area contributed by atoms with Crippen LogP contribution < -0.4 is 16.0 Å². The average molecular weight is 485 g/mol. The smallest absolute Gasteiger partial charge is 0.408 e. The molecule has 1 unspecified atom stereocenters. The summed E-state index contributed by atoms with van der Waals surface area (Å²) in [7, 11) is 0. The van der Waals surface area contributed by atoms with Gasteiger partial charge in [-0.05, 0) is 67.3 Å². The number of carbonyl (C=O) groups is 3. The maximum atomic E-state index is 13.2. The number of carboxylic acids is 1. The molecule has 1 aliphatic carbocycles. The number of nitrogens with one attached hydrogen (secondary N) is 3. The number of benzene rings is 1. The predicted octanol–water partition coefficient (Wildman–Crippen LogP) is 2.64. The summed E-state index contributed by atoms with van der Waals surface area (Å²) in [6.45, 7) is 0.468. The molecule has 4 rings (SSSR count). The number of aromatic nitrogens is 1. The van der Waals surface area contributed by atoms with Crippen LogP contribution in [0.4, 0.5) is 15.0 Å². The summed E-state index contributed by atoms with van der Waals surface area (Å²) in [4.78, 5) is 40.6. The fourth-order valence-corrected chi connectivity index (χ4v) is 4.40. The molecule has 9 nitrogen and oxygen atoms in total. The first-order valence-corrected chi connectivity index (χ1v) is 11.8. The Hall–Kier alpha value is -3.69. The molecule has 0 saturated heterocycles. The first-order valence-electron chi connectivity index (χ1n) is 11.8. The zero-order valence-electron chi connectivity index (χ0n) is 19.3. The van der Waals surface area contributed by atoms with E-state index in [1.54, 1.807) is 6.07 Å². The Morgan fingerprint density at radius 3 is 2.83 bits per heavy atom. The van der Waals surface area contributed by atoms with Crippen LogP contribution in [-0.4, -0.2) is 47.2 Å². The van der Waals surface area contributed by atoms with Crippen molar-refractivity contribution in [3.63, 3.8) is 0 Å². The van der Waals surface area contributed by atoms with Crippen LogP contribution >= 0.6 is 0 Å². The average Bonchev–Trinajstić information content (AvgIpc) is 2.82. The molecule has 1 atom stereocenters. The molecule has 2 amide bonds. The molecule has 2 heterocycles. The van der Waals surface area contributed by atoms with Gasteiger partial charge in [0.25, 0.3) is 0 Å². The van der Waals surface area contributed by atoms with Crippen molar-refractivity contribution in [2.24, 2.45) is 11.8 Å². The number of carboxylic acid groups (broad SMARTS) is 1. The molecule has 2 aromatic rings. The largest absolute Gasteiger partial charge is 0.480 e. The molecule has 1 aromatic carbocycles. The van der Waals surface area contributed by atoms with Gasteiger partial charge in [-0.1, -0.05) is 18.2 Å². The van der Waals surface area contributed by atoms with Crippen LogP contribution in [0.2, 0.25) is 0 Å². The normalized spacial score (nSPS) is 19.3. The molecule has 1 aliphatic heterocycles. The van der Waals surface area contributed by atoms with Crippen molar-refractivity contribution in [1.82, 2.24) is 15.6 Å². The van der Waals surface area contributed by atoms with Crippen LogP contribution in [0.3, 0.4) is 0 Å². The van der Waals surface area contributed by atoms with E-state index in [4.69, 9.17) is 9.72 Å². The molecule has 10 heteroatoms. The van der Waals surface area contributed by atoms with Crippen molar-refractivity contribution >= 4 is 23.8 Å². The van der Waals surface area contributed by atoms with Crippen LogP contribution in [-0.2, 0) is 33.8 Å². The number of carbonyl (C=O) groups excluding carboxylic acids is 2. The highest BCUT2D eigenvalue weighted by atomic mass is 19.1. The van der Waals surface area contributed by atoms with E-state index in [0.29, 0.717) is 24.3 Å². The number of pyridine rings is 1. The van der Waals surface area contributed by atoms with Crippen LogP contribution in [0.5, 0.6) is 0 Å². The predicted molar refractivity (Wildman–Crippen MR) is 125 cm³/mol. The maximum Gasteiger partial charge on any atom is 0.408 e. The third-order valence-electron chi connectivity index (χ3n) is 6.39. The molecule has 0 spiro atoms. The molecule has 1 saturated carbocycles. The van der Waals surface area contributed by atoms with Gasteiger partial charge in [0.2, 0.25) is 5.91 Å². The maximum absolute atomic E-state index is 13.2. The fraction of sp³-hybridized carbons (Fsp3) is 0.440. The van der Waals surface area contributed by atoms with Gasteiger partial charge in [0, 0.05) is 24.7 Å². The van der Waals surface area contributed by atoms with Crippen LogP contribution in [0.15, 0.2) is 36.4 Å². The Balaban J connectivity index is 1.18. The number of hydrogen-bond donors (Lipinski definition) is 4. The third-order valence-corrected chi connectivity index (χ3v) is 6.39. The first kappa shape index (κ1) is 24.4. The third kappa shape index (κ3) is 6.68.